The molecule has 0 amide bonds. The molecule has 0 bridgehead atoms. The maximum atomic E-state index is 6.21. The van der Waals surface area contributed by atoms with Crippen molar-refractivity contribution in [3.05, 3.63) is 23.3 Å². The van der Waals surface area contributed by atoms with Crippen molar-refractivity contribution in [3.63, 3.8) is 0 Å². The molecule has 0 atom stereocenters. The van der Waals surface area contributed by atoms with Gasteiger partial charge < -0.3 is 5.73 Å². The number of benzene rings is 1. The van der Waals surface area contributed by atoms with Gasteiger partial charge in [-0.3, -0.25) is 0 Å². The normalized spacial score (nSPS) is 18.5. The SMILES string of the molecule is CSc1cc(C2(CN)CCCCC2)c(SC)cc1C. The van der Waals surface area contributed by atoms with Gasteiger partial charge in [0.2, 0.25) is 0 Å². The molecule has 1 nitrogen and oxygen atoms in total. The van der Waals surface area contributed by atoms with Gasteiger partial charge in [-0.2, -0.15) is 0 Å². The summed E-state index contributed by atoms with van der Waals surface area (Å²) in [6.07, 6.45) is 10.9. The van der Waals surface area contributed by atoms with Crippen molar-refractivity contribution in [3.8, 4) is 0 Å². The Balaban J connectivity index is 2.51. The van der Waals surface area contributed by atoms with Crippen LogP contribution in [0.3, 0.4) is 0 Å². The predicted octanol–water partition coefficient (Wildman–Crippen LogP) is 4.60. The highest BCUT2D eigenvalue weighted by Gasteiger charge is 2.34. The Morgan fingerprint density at radius 3 is 2.21 bits per heavy atom. The molecule has 2 N–H and O–H groups in total. The lowest BCUT2D eigenvalue weighted by atomic mass is 9.69. The minimum absolute atomic E-state index is 0.231. The molecule has 0 spiro atoms. The summed E-state index contributed by atoms with van der Waals surface area (Å²) in [5, 5.41) is 0. The topological polar surface area (TPSA) is 26.0 Å². The van der Waals surface area contributed by atoms with Crippen molar-refractivity contribution in [2.24, 2.45) is 5.73 Å². The number of nitrogens with two attached hydrogens (primary N) is 1. The van der Waals surface area contributed by atoms with Crippen LogP contribution in [0.2, 0.25) is 0 Å². The highest BCUT2D eigenvalue weighted by molar-refractivity contribution is 7.99. The molecule has 1 aromatic rings. The molecule has 1 saturated carbocycles. The fourth-order valence-corrected chi connectivity index (χ4v) is 4.68. The summed E-state index contributed by atoms with van der Waals surface area (Å²) < 4.78 is 0. The highest BCUT2D eigenvalue weighted by Crippen LogP contribution is 2.44. The van der Waals surface area contributed by atoms with Gasteiger partial charge in [0.05, 0.1) is 0 Å². The second-order valence-corrected chi connectivity index (χ2v) is 7.26. The van der Waals surface area contributed by atoms with Gasteiger partial charge in [-0.25, -0.2) is 0 Å². The van der Waals surface area contributed by atoms with Crippen molar-refractivity contribution in [2.45, 2.75) is 54.2 Å². The summed E-state index contributed by atoms with van der Waals surface area (Å²) in [7, 11) is 0. The van der Waals surface area contributed by atoms with Gasteiger partial charge in [0.15, 0.2) is 0 Å². The quantitative estimate of drug-likeness (QED) is 0.822. The molecule has 0 unspecified atom stereocenters. The lowest BCUT2D eigenvalue weighted by Gasteiger charge is -2.38. The van der Waals surface area contributed by atoms with E-state index in [2.05, 4.69) is 31.6 Å². The average molecular weight is 296 g/mol. The van der Waals surface area contributed by atoms with E-state index in [9.17, 15) is 0 Å². The first-order valence-electron chi connectivity index (χ1n) is 7.10. The van der Waals surface area contributed by atoms with E-state index in [1.54, 1.807) is 0 Å². The molecule has 1 aromatic carbocycles. The van der Waals surface area contributed by atoms with Crippen LogP contribution in [0.5, 0.6) is 0 Å². The lowest BCUT2D eigenvalue weighted by Crippen LogP contribution is -2.37. The molecule has 3 heteroatoms. The van der Waals surface area contributed by atoms with Crippen molar-refractivity contribution >= 4 is 23.5 Å². The summed E-state index contributed by atoms with van der Waals surface area (Å²) in [5.41, 5.74) is 9.34. The molecule has 0 saturated heterocycles. The number of hydrogen-bond donors (Lipinski definition) is 1. The molecule has 2 rings (SSSR count). The molecule has 106 valence electrons. The minimum Gasteiger partial charge on any atom is -0.330 e. The van der Waals surface area contributed by atoms with Gasteiger partial charge in [-0.05, 0) is 55.5 Å². The number of rotatable bonds is 4. The average Bonchev–Trinajstić information content (AvgIpc) is 2.47. The Morgan fingerprint density at radius 2 is 1.68 bits per heavy atom. The zero-order chi connectivity index (χ0) is 13.9. The Labute approximate surface area is 126 Å². The van der Waals surface area contributed by atoms with Crippen LogP contribution >= 0.6 is 23.5 Å². The van der Waals surface area contributed by atoms with Crippen LogP contribution < -0.4 is 5.73 Å². The maximum Gasteiger partial charge on any atom is 0.0111 e. The van der Waals surface area contributed by atoms with Crippen molar-refractivity contribution in [2.75, 3.05) is 19.1 Å². The fourth-order valence-electron chi connectivity index (χ4n) is 3.28. The minimum atomic E-state index is 0.231. The molecule has 19 heavy (non-hydrogen) atoms. The summed E-state index contributed by atoms with van der Waals surface area (Å²) >= 11 is 3.72. The van der Waals surface area contributed by atoms with Crippen LogP contribution in [0.15, 0.2) is 21.9 Å². The Hall–Kier alpha value is -0.120. The molecule has 1 fully saturated rings. The van der Waals surface area contributed by atoms with E-state index in [0.717, 1.165) is 6.54 Å². The van der Waals surface area contributed by atoms with Gasteiger partial charge in [0.1, 0.15) is 0 Å². The third-order valence-electron chi connectivity index (χ3n) is 4.49. The van der Waals surface area contributed by atoms with Gasteiger partial charge in [0.25, 0.3) is 0 Å². The first-order valence-corrected chi connectivity index (χ1v) is 9.55. The third kappa shape index (κ3) is 2.98. The standard InChI is InChI=1S/C16H25NS2/c1-12-9-15(19-3)13(10-14(12)18-2)16(11-17)7-5-4-6-8-16/h9-10H,4-8,11,17H2,1-3H3. The third-order valence-corrected chi connectivity index (χ3v) is 6.15. The van der Waals surface area contributed by atoms with Crippen LogP contribution in [-0.2, 0) is 5.41 Å². The zero-order valence-corrected chi connectivity index (χ0v) is 13.9. The van der Waals surface area contributed by atoms with Crippen LogP contribution in [0.25, 0.3) is 0 Å². The maximum absolute atomic E-state index is 6.21. The summed E-state index contributed by atoms with van der Waals surface area (Å²) in [4.78, 5) is 2.84. The molecule has 1 aliphatic rings. The summed E-state index contributed by atoms with van der Waals surface area (Å²) in [6, 6.07) is 4.78. The first-order chi connectivity index (χ1) is 9.16. The van der Waals surface area contributed by atoms with Gasteiger partial charge in [-0.1, -0.05) is 19.3 Å². The number of aryl methyl sites for hydroxylation is 1. The Morgan fingerprint density at radius 1 is 1.05 bits per heavy atom. The number of hydrogen-bond acceptors (Lipinski definition) is 3. The van der Waals surface area contributed by atoms with Gasteiger partial charge in [0, 0.05) is 21.8 Å². The van der Waals surface area contributed by atoms with Crippen LogP contribution in [0.1, 0.15) is 43.2 Å². The second-order valence-electron chi connectivity index (χ2n) is 5.57. The van der Waals surface area contributed by atoms with Crippen LogP contribution in [0, 0.1) is 6.92 Å². The molecule has 1 aliphatic carbocycles. The number of thioether (sulfide) groups is 2. The molecule has 0 aliphatic heterocycles. The Bertz CT molecular complexity index is 437. The molecular weight excluding hydrogens is 270 g/mol. The van der Waals surface area contributed by atoms with E-state index >= 15 is 0 Å². The van der Waals surface area contributed by atoms with Gasteiger partial charge in [-0.15, -0.1) is 23.5 Å². The largest absolute Gasteiger partial charge is 0.330 e. The summed E-state index contributed by atoms with van der Waals surface area (Å²) in [6.45, 7) is 3.00. The molecular formula is C16H25NS2. The lowest BCUT2D eigenvalue weighted by molar-refractivity contribution is 0.296. The van der Waals surface area contributed by atoms with Crippen molar-refractivity contribution in [1.82, 2.24) is 0 Å². The van der Waals surface area contributed by atoms with E-state index in [4.69, 9.17) is 5.73 Å². The first kappa shape index (κ1) is 15.3. The molecule has 0 radical (unpaired) electrons. The Kier molecular flexibility index (Phi) is 5.27. The van der Waals surface area contributed by atoms with E-state index in [1.165, 1.54) is 53.0 Å². The molecule has 0 aromatic heterocycles. The van der Waals surface area contributed by atoms with E-state index < -0.39 is 0 Å². The van der Waals surface area contributed by atoms with Gasteiger partial charge >= 0.3 is 0 Å². The van der Waals surface area contributed by atoms with Crippen molar-refractivity contribution < 1.29 is 0 Å². The van der Waals surface area contributed by atoms with E-state index in [0.29, 0.717) is 0 Å². The molecule has 0 heterocycles. The van der Waals surface area contributed by atoms with E-state index in [1.807, 2.05) is 23.5 Å². The van der Waals surface area contributed by atoms with Crippen molar-refractivity contribution in [1.29, 1.82) is 0 Å². The smallest absolute Gasteiger partial charge is 0.0111 e. The second kappa shape index (κ2) is 6.55. The van der Waals surface area contributed by atoms with E-state index in [-0.39, 0.29) is 5.41 Å². The monoisotopic (exact) mass is 295 g/mol. The fraction of sp³-hybridized carbons (Fsp3) is 0.625. The predicted molar refractivity (Wildman–Crippen MR) is 88.6 cm³/mol. The van der Waals surface area contributed by atoms with Crippen LogP contribution in [-0.4, -0.2) is 19.1 Å². The highest BCUT2D eigenvalue weighted by atomic mass is 32.2. The van der Waals surface area contributed by atoms with Crippen LogP contribution in [0.4, 0.5) is 0 Å². The summed E-state index contributed by atoms with van der Waals surface area (Å²) in [5.74, 6) is 0. The zero-order valence-electron chi connectivity index (χ0n) is 12.3.